The van der Waals surface area contributed by atoms with Crippen LogP contribution in [0.5, 0.6) is 0 Å². The van der Waals surface area contributed by atoms with Gasteiger partial charge in [-0.15, -0.1) is 5.10 Å². The van der Waals surface area contributed by atoms with Crippen molar-refractivity contribution in [3.63, 3.8) is 0 Å². The standard InChI is InChI=1S/C15H12F2N4O3S/c1-7-12(11(20-24-3)14(22)23-2)25-15-18-13(19-21(7)15)9-5-4-8(16)6-10(9)17/h4-6H,1-3H3/b20-11-. The van der Waals surface area contributed by atoms with Crippen molar-refractivity contribution >= 4 is 28.0 Å². The number of rotatable bonds is 4. The Morgan fingerprint density at radius 3 is 2.68 bits per heavy atom. The fourth-order valence-electron chi connectivity index (χ4n) is 2.21. The molecule has 0 amide bonds. The van der Waals surface area contributed by atoms with Crippen molar-refractivity contribution < 1.29 is 23.1 Å². The third-order valence-corrected chi connectivity index (χ3v) is 4.51. The highest BCUT2D eigenvalue weighted by Gasteiger charge is 2.24. The zero-order valence-electron chi connectivity index (χ0n) is 13.4. The second kappa shape index (κ2) is 6.55. The van der Waals surface area contributed by atoms with Crippen LogP contribution in [0.15, 0.2) is 23.4 Å². The highest BCUT2D eigenvalue weighted by atomic mass is 32.1. The molecule has 0 spiro atoms. The molecule has 3 aromatic rings. The molecule has 3 rings (SSSR count). The van der Waals surface area contributed by atoms with E-state index >= 15 is 0 Å². The van der Waals surface area contributed by atoms with Gasteiger partial charge in [0, 0.05) is 6.07 Å². The molecule has 0 saturated carbocycles. The van der Waals surface area contributed by atoms with Crippen LogP contribution in [-0.4, -0.2) is 40.5 Å². The first-order valence-corrected chi connectivity index (χ1v) is 7.79. The molecule has 0 fully saturated rings. The van der Waals surface area contributed by atoms with Gasteiger partial charge in [-0.1, -0.05) is 16.5 Å². The van der Waals surface area contributed by atoms with E-state index < -0.39 is 17.6 Å². The molecule has 0 bridgehead atoms. The summed E-state index contributed by atoms with van der Waals surface area (Å²) in [5.41, 5.74) is 0.619. The van der Waals surface area contributed by atoms with Crippen LogP contribution < -0.4 is 0 Å². The van der Waals surface area contributed by atoms with Crippen LogP contribution in [0, 0.1) is 18.6 Å². The van der Waals surface area contributed by atoms with Gasteiger partial charge < -0.3 is 9.57 Å². The predicted molar refractivity (Wildman–Crippen MR) is 86.5 cm³/mol. The minimum Gasteiger partial charge on any atom is -0.464 e. The van der Waals surface area contributed by atoms with E-state index in [9.17, 15) is 13.6 Å². The maximum absolute atomic E-state index is 13.9. The number of carbonyl (C=O) groups is 1. The fourth-order valence-corrected chi connectivity index (χ4v) is 3.24. The molecule has 0 radical (unpaired) electrons. The highest BCUT2D eigenvalue weighted by Crippen LogP contribution is 2.27. The van der Waals surface area contributed by atoms with E-state index in [1.54, 1.807) is 6.92 Å². The second-order valence-electron chi connectivity index (χ2n) is 4.88. The number of ether oxygens (including phenoxy) is 1. The molecule has 130 valence electrons. The molecule has 0 N–H and O–H groups in total. The van der Waals surface area contributed by atoms with Crippen LogP contribution in [-0.2, 0) is 14.4 Å². The number of hydrogen-bond donors (Lipinski definition) is 0. The third-order valence-electron chi connectivity index (χ3n) is 3.37. The Hall–Kier alpha value is -2.88. The lowest BCUT2D eigenvalue weighted by atomic mass is 10.2. The number of fused-ring (bicyclic) bond motifs is 1. The third kappa shape index (κ3) is 2.95. The first kappa shape index (κ1) is 17.0. The van der Waals surface area contributed by atoms with Crippen LogP contribution in [0.1, 0.15) is 10.6 Å². The molecule has 0 unspecified atom stereocenters. The average molecular weight is 366 g/mol. The summed E-state index contributed by atoms with van der Waals surface area (Å²) in [6.45, 7) is 1.70. The van der Waals surface area contributed by atoms with Crippen LogP contribution in [0.3, 0.4) is 0 Å². The van der Waals surface area contributed by atoms with Gasteiger partial charge in [0.2, 0.25) is 10.7 Å². The van der Waals surface area contributed by atoms with Crippen molar-refractivity contribution in [2.45, 2.75) is 6.92 Å². The van der Waals surface area contributed by atoms with Crippen molar-refractivity contribution in [3.05, 3.63) is 40.4 Å². The molecule has 2 aromatic heterocycles. The average Bonchev–Trinajstić information content (AvgIpc) is 3.12. The highest BCUT2D eigenvalue weighted by molar-refractivity contribution is 7.19. The number of methoxy groups -OCH3 is 1. The molecule has 0 aliphatic carbocycles. The monoisotopic (exact) mass is 366 g/mol. The minimum atomic E-state index is -0.757. The zero-order valence-corrected chi connectivity index (χ0v) is 14.2. The Labute approximate surface area is 144 Å². The smallest absolute Gasteiger partial charge is 0.361 e. The molecule has 25 heavy (non-hydrogen) atoms. The van der Waals surface area contributed by atoms with Gasteiger partial charge in [-0.3, -0.25) is 0 Å². The minimum absolute atomic E-state index is 0.0192. The number of halogens is 2. The van der Waals surface area contributed by atoms with Gasteiger partial charge in [-0.25, -0.2) is 18.1 Å². The molecular formula is C15H12F2N4O3S. The maximum Gasteiger partial charge on any atom is 0.361 e. The number of thiazole rings is 1. The molecule has 10 heteroatoms. The molecule has 0 aliphatic rings. The largest absolute Gasteiger partial charge is 0.464 e. The Morgan fingerprint density at radius 2 is 2.08 bits per heavy atom. The second-order valence-corrected chi connectivity index (χ2v) is 5.86. The van der Waals surface area contributed by atoms with Crippen molar-refractivity contribution in [2.75, 3.05) is 14.2 Å². The molecule has 0 atom stereocenters. The van der Waals surface area contributed by atoms with Crippen molar-refractivity contribution in [2.24, 2.45) is 5.16 Å². The van der Waals surface area contributed by atoms with Crippen LogP contribution in [0.25, 0.3) is 16.3 Å². The quantitative estimate of drug-likeness (QED) is 0.403. The number of hydrogen-bond acceptors (Lipinski definition) is 7. The van der Waals surface area contributed by atoms with E-state index in [-0.39, 0.29) is 17.1 Å². The summed E-state index contributed by atoms with van der Waals surface area (Å²) < 4.78 is 33.1. The van der Waals surface area contributed by atoms with Crippen molar-refractivity contribution in [3.8, 4) is 11.4 Å². The summed E-state index contributed by atoms with van der Waals surface area (Å²) in [5, 5.41) is 7.91. The van der Waals surface area contributed by atoms with Gasteiger partial charge in [0.15, 0.2) is 5.82 Å². The van der Waals surface area contributed by atoms with Gasteiger partial charge in [0.05, 0.1) is 23.2 Å². The van der Waals surface area contributed by atoms with Crippen LogP contribution in [0.2, 0.25) is 0 Å². The maximum atomic E-state index is 13.9. The molecule has 0 saturated heterocycles. The summed E-state index contributed by atoms with van der Waals surface area (Å²) in [5.74, 6) is -1.99. The number of carbonyl (C=O) groups excluding carboxylic acids is 1. The summed E-state index contributed by atoms with van der Waals surface area (Å²) in [6, 6.07) is 3.17. The lowest BCUT2D eigenvalue weighted by molar-refractivity contribution is -0.132. The number of esters is 1. The van der Waals surface area contributed by atoms with E-state index in [1.165, 1.54) is 24.8 Å². The number of nitrogens with zero attached hydrogens (tertiary/aromatic N) is 4. The Balaban J connectivity index is 2.10. The van der Waals surface area contributed by atoms with E-state index in [4.69, 9.17) is 0 Å². The Morgan fingerprint density at radius 1 is 1.32 bits per heavy atom. The van der Waals surface area contributed by atoms with E-state index in [0.29, 0.717) is 15.5 Å². The lowest BCUT2D eigenvalue weighted by Crippen LogP contribution is -2.17. The normalized spacial score (nSPS) is 11.8. The van der Waals surface area contributed by atoms with Crippen LogP contribution in [0.4, 0.5) is 8.78 Å². The van der Waals surface area contributed by atoms with Gasteiger partial charge >= 0.3 is 5.97 Å². The predicted octanol–water partition coefficient (Wildman–Crippen LogP) is 2.57. The Bertz CT molecular complexity index is 996. The number of aryl methyl sites for hydroxylation is 1. The summed E-state index contributed by atoms with van der Waals surface area (Å²) in [4.78, 5) is 21.7. The van der Waals surface area contributed by atoms with E-state index in [2.05, 4.69) is 24.8 Å². The SMILES string of the molecule is CO/N=C(\C(=O)OC)c1sc2nc(-c3ccc(F)cc3F)nn2c1C. The number of benzene rings is 1. The molecule has 1 aromatic carbocycles. The van der Waals surface area contributed by atoms with Crippen molar-refractivity contribution in [1.29, 1.82) is 0 Å². The Kier molecular flexibility index (Phi) is 4.45. The topological polar surface area (TPSA) is 78.1 Å². The molecule has 2 heterocycles. The molecule has 7 nitrogen and oxygen atoms in total. The summed E-state index contributed by atoms with van der Waals surface area (Å²) >= 11 is 1.12. The zero-order chi connectivity index (χ0) is 18.1. The van der Waals surface area contributed by atoms with Crippen molar-refractivity contribution in [1.82, 2.24) is 14.6 Å². The first-order valence-electron chi connectivity index (χ1n) is 6.97. The van der Waals surface area contributed by atoms with Crippen LogP contribution >= 0.6 is 11.3 Å². The van der Waals surface area contributed by atoms with Gasteiger partial charge in [0.1, 0.15) is 18.7 Å². The first-order chi connectivity index (χ1) is 12.0. The number of oxime groups is 1. The van der Waals surface area contributed by atoms with Gasteiger partial charge in [-0.2, -0.15) is 4.98 Å². The molecule has 0 aliphatic heterocycles. The van der Waals surface area contributed by atoms with E-state index in [1.807, 2.05) is 0 Å². The van der Waals surface area contributed by atoms with Gasteiger partial charge in [0.25, 0.3) is 0 Å². The summed E-state index contributed by atoms with van der Waals surface area (Å²) in [6.07, 6.45) is 0. The fraction of sp³-hybridized carbons (Fsp3) is 0.200. The molecular weight excluding hydrogens is 354 g/mol. The summed E-state index contributed by atoms with van der Waals surface area (Å²) in [7, 11) is 2.54. The number of aromatic nitrogens is 3. The van der Waals surface area contributed by atoms with E-state index in [0.717, 1.165) is 23.5 Å². The van der Waals surface area contributed by atoms with Gasteiger partial charge in [-0.05, 0) is 19.1 Å². The lowest BCUT2D eigenvalue weighted by Gasteiger charge is -2.02.